The van der Waals surface area contributed by atoms with E-state index >= 15 is 0 Å². The standard InChI is InChI=1S/C19H14N4O2/c20-11-16-15(19(24)25)10-17(22-18(16)23-21)14-8-6-13(7-9-14)12-4-2-1-3-5-12/h1-10H,21H2,(H,22,23)(H,24,25). The van der Waals surface area contributed by atoms with Gasteiger partial charge in [-0.25, -0.2) is 15.6 Å². The maximum atomic E-state index is 11.4. The van der Waals surface area contributed by atoms with Crippen LogP contribution in [-0.2, 0) is 0 Å². The zero-order valence-corrected chi connectivity index (χ0v) is 13.1. The molecule has 0 saturated heterocycles. The highest BCUT2D eigenvalue weighted by atomic mass is 16.4. The Morgan fingerprint density at radius 2 is 1.64 bits per heavy atom. The van der Waals surface area contributed by atoms with Crippen molar-refractivity contribution >= 4 is 11.8 Å². The molecule has 1 aromatic heterocycles. The number of pyridine rings is 1. The lowest BCUT2D eigenvalue weighted by Crippen LogP contribution is -2.14. The summed E-state index contributed by atoms with van der Waals surface area (Å²) in [5.41, 5.74) is 5.31. The Kier molecular flexibility index (Phi) is 4.42. The molecule has 0 aliphatic heterocycles. The number of carboxylic acids is 1. The molecule has 3 aromatic rings. The smallest absolute Gasteiger partial charge is 0.337 e. The predicted octanol–water partition coefficient (Wildman–Crippen LogP) is 3.27. The van der Waals surface area contributed by atoms with E-state index in [2.05, 4.69) is 10.4 Å². The lowest BCUT2D eigenvalue weighted by Gasteiger charge is -2.10. The normalized spacial score (nSPS) is 10.1. The summed E-state index contributed by atoms with van der Waals surface area (Å²) in [5, 5.41) is 18.5. The van der Waals surface area contributed by atoms with Gasteiger partial charge in [0.05, 0.1) is 11.3 Å². The fourth-order valence-electron chi connectivity index (χ4n) is 2.54. The number of hydrogen-bond acceptors (Lipinski definition) is 5. The summed E-state index contributed by atoms with van der Waals surface area (Å²) in [7, 11) is 0. The predicted molar refractivity (Wildman–Crippen MR) is 94.6 cm³/mol. The highest BCUT2D eigenvalue weighted by molar-refractivity contribution is 5.94. The first kappa shape index (κ1) is 16.2. The van der Waals surface area contributed by atoms with Gasteiger partial charge in [0.2, 0.25) is 0 Å². The Morgan fingerprint density at radius 3 is 2.20 bits per heavy atom. The molecule has 0 fully saturated rings. The number of nitrogens with two attached hydrogens (primary N) is 1. The summed E-state index contributed by atoms with van der Waals surface area (Å²) in [5.74, 6) is 4.21. The largest absolute Gasteiger partial charge is 0.478 e. The van der Waals surface area contributed by atoms with E-state index in [1.165, 1.54) is 6.07 Å². The van der Waals surface area contributed by atoms with E-state index in [4.69, 9.17) is 11.1 Å². The Morgan fingerprint density at radius 1 is 1.04 bits per heavy atom. The van der Waals surface area contributed by atoms with Gasteiger partial charge in [-0.1, -0.05) is 54.6 Å². The third-order valence-electron chi connectivity index (χ3n) is 3.79. The quantitative estimate of drug-likeness (QED) is 0.500. The molecule has 122 valence electrons. The summed E-state index contributed by atoms with van der Waals surface area (Å²) >= 11 is 0. The van der Waals surface area contributed by atoms with Crippen LogP contribution in [-0.4, -0.2) is 16.1 Å². The summed E-state index contributed by atoms with van der Waals surface area (Å²) in [6, 6.07) is 20.6. The van der Waals surface area contributed by atoms with Gasteiger partial charge in [0.15, 0.2) is 5.82 Å². The van der Waals surface area contributed by atoms with Gasteiger partial charge < -0.3 is 10.5 Å². The number of carbonyl (C=O) groups is 1. The van der Waals surface area contributed by atoms with Crippen molar-refractivity contribution < 1.29 is 9.90 Å². The minimum atomic E-state index is -1.21. The van der Waals surface area contributed by atoms with Crippen molar-refractivity contribution in [3.8, 4) is 28.5 Å². The number of benzene rings is 2. The number of rotatable bonds is 4. The molecule has 0 unspecified atom stereocenters. The van der Waals surface area contributed by atoms with Crippen LogP contribution in [0.15, 0.2) is 60.7 Å². The van der Waals surface area contributed by atoms with E-state index in [0.29, 0.717) is 5.69 Å². The Bertz CT molecular complexity index is 961. The van der Waals surface area contributed by atoms with E-state index in [0.717, 1.165) is 16.7 Å². The van der Waals surface area contributed by atoms with E-state index in [9.17, 15) is 9.90 Å². The Hall–Kier alpha value is -3.69. The molecule has 6 nitrogen and oxygen atoms in total. The number of carboxylic acid groups (broad SMARTS) is 1. The van der Waals surface area contributed by atoms with Gasteiger partial charge >= 0.3 is 5.97 Å². The average Bonchev–Trinajstić information content (AvgIpc) is 2.67. The van der Waals surface area contributed by atoms with Gasteiger partial charge in [0, 0.05) is 5.56 Å². The number of aromatic carboxylic acids is 1. The third-order valence-corrected chi connectivity index (χ3v) is 3.79. The van der Waals surface area contributed by atoms with Crippen molar-refractivity contribution in [3.05, 3.63) is 71.8 Å². The fourth-order valence-corrected chi connectivity index (χ4v) is 2.54. The van der Waals surface area contributed by atoms with Crippen LogP contribution in [0.4, 0.5) is 5.82 Å². The molecule has 25 heavy (non-hydrogen) atoms. The van der Waals surface area contributed by atoms with Crippen LogP contribution >= 0.6 is 0 Å². The van der Waals surface area contributed by atoms with Crippen molar-refractivity contribution in [1.29, 1.82) is 5.26 Å². The van der Waals surface area contributed by atoms with Crippen molar-refractivity contribution in [2.45, 2.75) is 0 Å². The molecule has 4 N–H and O–H groups in total. The summed E-state index contributed by atoms with van der Waals surface area (Å²) in [4.78, 5) is 15.7. The summed E-state index contributed by atoms with van der Waals surface area (Å²) in [6.07, 6.45) is 0. The van der Waals surface area contributed by atoms with Gasteiger partial charge in [-0.3, -0.25) is 0 Å². The van der Waals surface area contributed by atoms with Crippen LogP contribution in [0.5, 0.6) is 0 Å². The number of nitrogens with one attached hydrogen (secondary N) is 1. The molecule has 0 bridgehead atoms. The highest BCUT2D eigenvalue weighted by Gasteiger charge is 2.18. The number of anilines is 1. The fraction of sp³-hybridized carbons (Fsp3) is 0. The second kappa shape index (κ2) is 6.83. The van der Waals surface area contributed by atoms with Gasteiger partial charge in [0.25, 0.3) is 0 Å². The maximum Gasteiger partial charge on any atom is 0.337 e. The van der Waals surface area contributed by atoms with Crippen LogP contribution in [0.3, 0.4) is 0 Å². The highest BCUT2D eigenvalue weighted by Crippen LogP contribution is 2.27. The first-order valence-electron chi connectivity index (χ1n) is 7.45. The lowest BCUT2D eigenvalue weighted by atomic mass is 10.0. The molecule has 2 aromatic carbocycles. The van der Waals surface area contributed by atoms with E-state index < -0.39 is 5.97 Å². The SMILES string of the molecule is N#Cc1c(C(=O)O)cc(-c2ccc(-c3ccccc3)cc2)nc1NN. The molecule has 0 aliphatic rings. The van der Waals surface area contributed by atoms with Crippen LogP contribution < -0.4 is 11.3 Å². The molecular weight excluding hydrogens is 316 g/mol. The number of nitriles is 1. The third kappa shape index (κ3) is 3.17. The molecule has 0 amide bonds. The zero-order valence-electron chi connectivity index (χ0n) is 13.1. The Labute approximate surface area is 144 Å². The molecule has 3 rings (SSSR count). The van der Waals surface area contributed by atoms with Gasteiger partial charge in [-0.15, -0.1) is 0 Å². The van der Waals surface area contributed by atoms with E-state index in [-0.39, 0.29) is 16.9 Å². The molecular formula is C19H14N4O2. The van der Waals surface area contributed by atoms with Crippen LogP contribution in [0.1, 0.15) is 15.9 Å². The monoisotopic (exact) mass is 330 g/mol. The van der Waals surface area contributed by atoms with Gasteiger partial charge in [-0.05, 0) is 17.2 Å². The summed E-state index contributed by atoms with van der Waals surface area (Å²) in [6.45, 7) is 0. The van der Waals surface area contributed by atoms with Crippen LogP contribution in [0, 0.1) is 11.3 Å². The van der Waals surface area contributed by atoms with Crippen molar-refractivity contribution in [2.75, 3.05) is 5.43 Å². The van der Waals surface area contributed by atoms with Gasteiger partial charge in [-0.2, -0.15) is 5.26 Å². The molecule has 0 atom stereocenters. The molecule has 1 heterocycles. The molecule has 0 radical (unpaired) electrons. The number of aromatic nitrogens is 1. The first-order valence-corrected chi connectivity index (χ1v) is 7.45. The number of nitrogen functional groups attached to an aromatic ring is 1. The minimum Gasteiger partial charge on any atom is -0.478 e. The summed E-state index contributed by atoms with van der Waals surface area (Å²) < 4.78 is 0. The topological polar surface area (TPSA) is 112 Å². The minimum absolute atomic E-state index is 0.0320. The van der Waals surface area contributed by atoms with Crippen molar-refractivity contribution in [3.63, 3.8) is 0 Å². The Balaban J connectivity index is 2.06. The number of hydrazine groups is 1. The van der Waals surface area contributed by atoms with E-state index in [1.807, 2.05) is 60.7 Å². The van der Waals surface area contributed by atoms with Crippen LogP contribution in [0.2, 0.25) is 0 Å². The van der Waals surface area contributed by atoms with Crippen LogP contribution in [0.25, 0.3) is 22.4 Å². The van der Waals surface area contributed by atoms with E-state index in [1.54, 1.807) is 0 Å². The number of nitrogens with zero attached hydrogens (tertiary/aromatic N) is 2. The number of hydrogen-bond donors (Lipinski definition) is 3. The first-order chi connectivity index (χ1) is 12.1. The molecule has 0 aliphatic carbocycles. The molecule has 0 saturated carbocycles. The second-order valence-corrected chi connectivity index (χ2v) is 5.28. The van der Waals surface area contributed by atoms with Crippen molar-refractivity contribution in [2.24, 2.45) is 5.84 Å². The average molecular weight is 330 g/mol. The molecule has 6 heteroatoms. The van der Waals surface area contributed by atoms with Crippen molar-refractivity contribution in [1.82, 2.24) is 4.98 Å². The zero-order chi connectivity index (χ0) is 17.8. The second-order valence-electron chi connectivity index (χ2n) is 5.28. The lowest BCUT2D eigenvalue weighted by molar-refractivity contribution is 0.0696. The maximum absolute atomic E-state index is 11.4. The van der Waals surface area contributed by atoms with Gasteiger partial charge in [0.1, 0.15) is 11.6 Å². The molecule has 0 spiro atoms.